The Morgan fingerprint density at radius 3 is 1.23 bits per heavy atom. The van der Waals surface area contributed by atoms with Crippen molar-refractivity contribution in [2.24, 2.45) is 0 Å². The first-order chi connectivity index (χ1) is 28.2. The van der Waals surface area contributed by atoms with Crippen LogP contribution >= 0.6 is 0 Å². The van der Waals surface area contributed by atoms with Gasteiger partial charge in [0.1, 0.15) is 0 Å². The lowest BCUT2D eigenvalue weighted by Crippen LogP contribution is -2.45. The summed E-state index contributed by atoms with van der Waals surface area (Å²) < 4.78 is 0. The minimum absolute atomic E-state index is 0.0825. The number of hydrogen-bond donors (Lipinski definition) is 3. The minimum atomic E-state index is -0.864. The van der Waals surface area contributed by atoms with Gasteiger partial charge in [-0.3, -0.25) is 4.79 Å². The van der Waals surface area contributed by atoms with Gasteiger partial charge in [-0.1, -0.05) is 220 Å². The number of hydrogen-bond acceptors (Lipinski definition) is 3. The fourth-order valence-electron chi connectivity index (χ4n) is 6.39. The fraction of sp³-hybridized carbons (Fsp3) is 0.642. The number of allylic oxidation sites excluding steroid dienone is 17. The molecule has 0 aliphatic carbocycles. The largest absolute Gasteiger partial charge is 0.394 e. The Labute approximate surface area is 353 Å². The van der Waals surface area contributed by atoms with Gasteiger partial charge in [-0.2, -0.15) is 0 Å². The van der Waals surface area contributed by atoms with E-state index in [1.807, 2.05) is 6.08 Å². The molecule has 0 aromatic carbocycles. The maximum absolute atomic E-state index is 12.3. The summed E-state index contributed by atoms with van der Waals surface area (Å²) in [5.41, 5.74) is 0. The van der Waals surface area contributed by atoms with Crippen LogP contribution in [0.25, 0.3) is 0 Å². The van der Waals surface area contributed by atoms with Crippen molar-refractivity contribution in [1.29, 1.82) is 0 Å². The summed E-state index contributed by atoms with van der Waals surface area (Å²) in [6.07, 6.45) is 72.3. The third-order valence-corrected chi connectivity index (χ3v) is 9.99. The normalized spacial score (nSPS) is 14.0. The van der Waals surface area contributed by atoms with E-state index in [0.717, 1.165) is 77.0 Å². The first-order valence-electron chi connectivity index (χ1n) is 23.6. The Balaban J connectivity index is 3.52. The molecule has 0 aromatic rings. The van der Waals surface area contributed by atoms with E-state index in [9.17, 15) is 15.0 Å². The van der Waals surface area contributed by atoms with Crippen LogP contribution in [0.4, 0.5) is 0 Å². The molecule has 0 spiro atoms. The van der Waals surface area contributed by atoms with Crippen molar-refractivity contribution in [2.75, 3.05) is 6.61 Å². The van der Waals surface area contributed by atoms with Crippen molar-refractivity contribution in [3.8, 4) is 0 Å². The van der Waals surface area contributed by atoms with Crippen molar-refractivity contribution < 1.29 is 15.0 Å². The third kappa shape index (κ3) is 44.0. The molecule has 0 bridgehead atoms. The lowest BCUT2D eigenvalue weighted by Gasteiger charge is -2.19. The Kier molecular flexibility index (Phi) is 45.0. The van der Waals surface area contributed by atoms with E-state index >= 15 is 0 Å². The van der Waals surface area contributed by atoms with Gasteiger partial charge in [-0.25, -0.2) is 0 Å². The summed E-state index contributed by atoms with van der Waals surface area (Å²) in [5, 5.41) is 22.8. The van der Waals surface area contributed by atoms with Gasteiger partial charge in [-0.15, -0.1) is 0 Å². The highest BCUT2D eigenvalue weighted by atomic mass is 16.3. The van der Waals surface area contributed by atoms with Crippen molar-refractivity contribution in [2.45, 2.75) is 212 Å². The number of aliphatic hydroxyl groups excluding tert-OH is 2. The number of carbonyl (C=O) groups excluding carboxylic acids is 1. The minimum Gasteiger partial charge on any atom is -0.394 e. The maximum Gasteiger partial charge on any atom is 0.220 e. The molecule has 0 fully saturated rings. The fourth-order valence-corrected chi connectivity index (χ4v) is 6.39. The SMILES string of the molecule is CC/C=C\C/C=C\C/C=C\C/C=C\C/C=C\C/C=C\C/C=C\CCCCCCCCCCCCCCCCCC(=O)NC(CO)C(O)/C=C/CC/C=C/CCCC. The Morgan fingerprint density at radius 2 is 0.789 bits per heavy atom. The second kappa shape index (κ2) is 47.4. The number of aliphatic hydroxyl groups is 2. The van der Waals surface area contributed by atoms with Crippen LogP contribution in [0, 0.1) is 0 Å². The predicted octanol–water partition coefficient (Wildman–Crippen LogP) is 15.2. The van der Waals surface area contributed by atoms with E-state index in [0.29, 0.717) is 6.42 Å². The van der Waals surface area contributed by atoms with Gasteiger partial charge in [0.2, 0.25) is 5.91 Å². The van der Waals surface area contributed by atoms with E-state index in [-0.39, 0.29) is 12.5 Å². The number of rotatable bonds is 41. The molecular weight excluding hydrogens is 699 g/mol. The molecule has 1 amide bonds. The molecule has 4 nitrogen and oxygen atoms in total. The molecule has 57 heavy (non-hydrogen) atoms. The van der Waals surface area contributed by atoms with Gasteiger partial charge in [0.15, 0.2) is 0 Å². The van der Waals surface area contributed by atoms with Crippen LogP contribution in [0.15, 0.2) is 109 Å². The molecule has 4 heteroatoms. The summed E-state index contributed by atoms with van der Waals surface area (Å²) in [6, 6.07) is -0.641. The molecule has 0 rings (SSSR count). The average Bonchev–Trinajstić information content (AvgIpc) is 3.22. The van der Waals surface area contributed by atoms with Crippen molar-refractivity contribution in [1.82, 2.24) is 5.32 Å². The highest BCUT2D eigenvalue weighted by Crippen LogP contribution is 2.14. The highest BCUT2D eigenvalue weighted by Gasteiger charge is 2.17. The van der Waals surface area contributed by atoms with Crippen LogP contribution in [0.3, 0.4) is 0 Å². The molecule has 2 unspecified atom stereocenters. The van der Waals surface area contributed by atoms with Gasteiger partial charge in [-0.05, 0) is 83.5 Å². The topological polar surface area (TPSA) is 69.6 Å². The third-order valence-electron chi connectivity index (χ3n) is 9.99. The monoisotopic (exact) mass is 788 g/mol. The van der Waals surface area contributed by atoms with Gasteiger partial charge >= 0.3 is 0 Å². The van der Waals surface area contributed by atoms with Crippen LogP contribution in [-0.2, 0) is 4.79 Å². The lowest BCUT2D eigenvalue weighted by molar-refractivity contribution is -0.123. The van der Waals surface area contributed by atoms with E-state index in [1.54, 1.807) is 6.08 Å². The Hall–Kier alpha value is -2.95. The molecule has 324 valence electrons. The standard InChI is InChI=1S/C53H89NO3/c1-3-5-7-9-11-13-14-15-16-17-18-19-20-21-22-23-24-25-26-27-28-29-30-31-32-33-34-35-36-37-38-39-40-41-43-45-47-49-53(57)54-51(50-55)52(56)48-46-44-42-12-10-8-6-4-2/h5,7,10-13,15-16,18-19,21-22,24-25,27-28,46,48,51-52,55-56H,3-4,6,8-9,14,17,20,23,26,29-45,47,49-50H2,1-2H3,(H,54,57)/b7-5-,12-10+,13-11-,16-15-,19-18-,22-21-,25-24-,28-27-,48-46+. The van der Waals surface area contributed by atoms with Gasteiger partial charge in [0, 0.05) is 6.42 Å². The van der Waals surface area contributed by atoms with E-state index < -0.39 is 12.1 Å². The highest BCUT2D eigenvalue weighted by molar-refractivity contribution is 5.76. The molecule has 0 aliphatic heterocycles. The molecule has 0 aliphatic rings. The zero-order valence-corrected chi connectivity index (χ0v) is 37.1. The summed E-state index contributed by atoms with van der Waals surface area (Å²) in [4.78, 5) is 12.3. The average molecular weight is 788 g/mol. The van der Waals surface area contributed by atoms with E-state index in [2.05, 4.69) is 116 Å². The molecule has 3 N–H and O–H groups in total. The quantitative estimate of drug-likeness (QED) is 0.0427. The van der Waals surface area contributed by atoms with Gasteiger partial charge in [0.05, 0.1) is 18.8 Å². The first-order valence-corrected chi connectivity index (χ1v) is 23.6. The van der Waals surface area contributed by atoms with E-state index in [1.165, 1.54) is 103 Å². The van der Waals surface area contributed by atoms with Crippen LogP contribution in [0.1, 0.15) is 200 Å². The Bertz CT molecular complexity index is 1120. The molecule has 0 radical (unpaired) electrons. The number of carbonyl (C=O) groups is 1. The molecule has 2 atom stereocenters. The van der Waals surface area contributed by atoms with Crippen LogP contribution in [0.5, 0.6) is 0 Å². The van der Waals surface area contributed by atoms with Crippen molar-refractivity contribution in [3.63, 3.8) is 0 Å². The Morgan fingerprint density at radius 1 is 0.439 bits per heavy atom. The summed E-state index contributed by atoms with van der Waals surface area (Å²) in [7, 11) is 0. The number of unbranched alkanes of at least 4 members (excludes halogenated alkanes) is 18. The molecule has 0 saturated heterocycles. The van der Waals surface area contributed by atoms with Gasteiger partial charge in [0.25, 0.3) is 0 Å². The van der Waals surface area contributed by atoms with Crippen LogP contribution in [0.2, 0.25) is 0 Å². The predicted molar refractivity (Wildman–Crippen MR) is 253 cm³/mol. The van der Waals surface area contributed by atoms with Crippen LogP contribution in [-0.4, -0.2) is 34.9 Å². The van der Waals surface area contributed by atoms with Crippen molar-refractivity contribution in [3.05, 3.63) is 109 Å². The lowest BCUT2D eigenvalue weighted by atomic mass is 10.0. The zero-order valence-electron chi connectivity index (χ0n) is 37.1. The molecule has 0 heterocycles. The smallest absolute Gasteiger partial charge is 0.220 e. The van der Waals surface area contributed by atoms with Crippen molar-refractivity contribution >= 4 is 5.91 Å². The molecule has 0 aromatic heterocycles. The first kappa shape index (κ1) is 54.0. The summed E-state index contributed by atoms with van der Waals surface area (Å²) in [6.45, 7) is 4.09. The number of amides is 1. The van der Waals surface area contributed by atoms with E-state index in [4.69, 9.17) is 0 Å². The maximum atomic E-state index is 12.3. The summed E-state index contributed by atoms with van der Waals surface area (Å²) in [5.74, 6) is -0.0825. The second-order valence-corrected chi connectivity index (χ2v) is 15.4. The summed E-state index contributed by atoms with van der Waals surface area (Å²) >= 11 is 0. The van der Waals surface area contributed by atoms with Crippen LogP contribution < -0.4 is 5.32 Å². The second-order valence-electron chi connectivity index (χ2n) is 15.4. The zero-order chi connectivity index (χ0) is 41.4. The molecule has 0 saturated carbocycles. The van der Waals surface area contributed by atoms with Gasteiger partial charge < -0.3 is 15.5 Å². The number of nitrogens with one attached hydrogen (secondary N) is 1. The molecular formula is C53H89NO3.